The number of hydrogen-bond donors (Lipinski definition) is 0. The van der Waals surface area contributed by atoms with Gasteiger partial charge in [-0.1, -0.05) is 18.2 Å². The third-order valence-corrected chi connectivity index (χ3v) is 7.49. The molecule has 8 nitrogen and oxygen atoms in total. The van der Waals surface area contributed by atoms with E-state index in [1.165, 1.54) is 0 Å². The third kappa shape index (κ3) is 5.72. The largest absolute Gasteiger partial charge is 0.494 e. The molecule has 3 aromatic rings. The van der Waals surface area contributed by atoms with Crippen molar-refractivity contribution in [1.29, 1.82) is 0 Å². The molecule has 1 aliphatic heterocycles. The number of amides is 1. The van der Waals surface area contributed by atoms with Crippen molar-refractivity contribution in [3.05, 3.63) is 67.0 Å². The van der Waals surface area contributed by atoms with Crippen LogP contribution in [-0.4, -0.2) is 67.7 Å². The van der Waals surface area contributed by atoms with Gasteiger partial charge in [-0.25, -0.2) is 18.4 Å². The van der Waals surface area contributed by atoms with E-state index < -0.39 is 9.84 Å². The highest BCUT2D eigenvalue weighted by Gasteiger charge is 2.24. The molecule has 0 spiro atoms. The minimum atomic E-state index is -3.47. The fraction of sp³-hybridized carbons (Fsp3) is 0.320. The number of carbonyl (C=O) groups is 1. The lowest BCUT2D eigenvalue weighted by Crippen LogP contribution is -2.49. The van der Waals surface area contributed by atoms with Gasteiger partial charge in [-0.3, -0.25) is 4.79 Å². The molecule has 0 atom stereocenters. The second-order valence-electron chi connectivity index (χ2n) is 7.97. The highest BCUT2D eigenvalue weighted by molar-refractivity contribution is 7.91. The number of rotatable bonds is 8. The van der Waals surface area contributed by atoms with Crippen LogP contribution in [0.25, 0.3) is 11.3 Å². The summed E-state index contributed by atoms with van der Waals surface area (Å²) in [7, 11) is -3.47. The van der Waals surface area contributed by atoms with Gasteiger partial charge >= 0.3 is 0 Å². The number of nitrogens with zero attached hydrogens (tertiary/aromatic N) is 4. The first-order valence-electron chi connectivity index (χ1n) is 11.3. The molecule has 0 aliphatic carbocycles. The molecule has 9 heteroatoms. The number of piperazine rings is 1. The van der Waals surface area contributed by atoms with Crippen LogP contribution in [0.1, 0.15) is 13.3 Å². The van der Waals surface area contributed by atoms with E-state index in [1.54, 1.807) is 41.6 Å². The fourth-order valence-corrected chi connectivity index (χ4v) is 5.13. The standard InChI is InChI=1S/C25H28N4O4S/c1-2-33-21-10-8-20(9-11-21)23-18-24(27-19-26-23)28-13-15-29(16-14-28)25(30)12-17-34(31,32)22-6-4-3-5-7-22/h3-11,18-19H,2,12-17H2,1H3. The third-order valence-electron chi connectivity index (χ3n) is 5.76. The molecule has 1 fully saturated rings. The molecular weight excluding hydrogens is 452 g/mol. The predicted molar refractivity (Wildman–Crippen MR) is 131 cm³/mol. The molecule has 1 saturated heterocycles. The maximum Gasteiger partial charge on any atom is 0.223 e. The summed E-state index contributed by atoms with van der Waals surface area (Å²) in [6.07, 6.45) is 1.53. The Morgan fingerprint density at radius 3 is 2.35 bits per heavy atom. The van der Waals surface area contributed by atoms with Crippen molar-refractivity contribution < 1.29 is 17.9 Å². The van der Waals surface area contributed by atoms with Gasteiger partial charge in [0, 0.05) is 44.2 Å². The summed E-state index contributed by atoms with van der Waals surface area (Å²) in [5.41, 5.74) is 1.79. The smallest absolute Gasteiger partial charge is 0.223 e. The first-order chi connectivity index (χ1) is 16.5. The van der Waals surface area contributed by atoms with Crippen molar-refractivity contribution in [1.82, 2.24) is 14.9 Å². The van der Waals surface area contributed by atoms with Gasteiger partial charge < -0.3 is 14.5 Å². The Labute approximate surface area is 200 Å². The Morgan fingerprint density at radius 2 is 1.68 bits per heavy atom. The van der Waals surface area contributed by atoms with Crippen LogP contribution in [0.2, 0.25) is 0 Å². The lowest BCUT2D eigenvalue weighted by Gasteiger charge is -2.35. The molecular formula is C25H28N4O4S. The predicted octanol–water partition coefficient (Wildman–Crippen LogP) is 3.05. The second kappa shape index (κ2) is 10.6. The average molecular weight is 481 g/mol. The van der Waals surface area contributed by atoms with E-state index in [4.69, 9.17) is 4.74 Å². The molecule has 0 radical (unpaired) electrons. The fourth-order valence-electron chi connectivity index (χ4n) is 3.88. The van der Waals surface area contributed by atoms with E-state index in [0.29, 0.717) is 32.8 Å². The Hall–Kier alpha value is -3.46. The Kier molecular flexibility index (Phi) is 7.42. The molecule has 2 heterocycles. The molecule has 34 heavy (non-hydrogen) atoms. The molecule has 1 amide bonds. The molecule has 0 bridgehead atoms. The van der Waals surface area contributed by atoms with Gasteiger partial charge in [0.05, 0.1) is 22.9 Å². The highest BCUT2D eigenvalue weighted by atomic mass is 32.2. The number of benzene rings is 2. The Balaban J connectivity index is 1.33. The minimum absolute atomic E-state index is 0.0212. The first-order valence-corrected chi connectivity index (χ1v) is 13.0. The van der Waals surface area contributed by atoms with Gasteiger partial charge in [0.1, 0.15) is 17.9 Å². The molecule has 1 aromatic heterocycles. The van der Waals surface area contributed by atoms with Gasteiger partial charge in [0.2, 0.25) is 5.91 Å². The number of anilines is 1. The lowest BCUT2D eigenvalue weighted by molar-refractivity contribution is -0.131. The van der Waals surface area contributed by atoms with Crippen molar-refractivity contribution in [3.8, 4) is 17.0 Å². The topological polar surface area (TPSA) is 92.7 Å². The normalized spacial score (nSPS) is 14.1. The Morgan fingerprint density at radius 1 is 0.971 bits per heavy atom. The summed E-state index contributed by atoms with van der Waals surface area (Å²) in [6, 6.07) is 18.0. The highest BCUT2D eigenvalue weighted by Crippen LogP contribution is 2.24. The van der Waals surface area contributed by atoms with Gasteiger partial charge in [-0.05, 0) is 43.3 Å². The summed E-state index contributed by atoms with van der Waals surface area (Å²) in [6.45, 7) is 4.85. The van der Waals surface area contributed by atoms with Crippen LogP contribution in [0.3, 0.4) is 0 Å². The second-order valence-corrected chi connectivity index (χ2v) is 10.1. The number of ether oxygens (including phenoxy) is 1. The van der Waals surface area contributed by atoms with Crippen LogP contribution in [0.15, 0.2) is 71.9 Å². The van der Waals surface area contributed by atoms with E-state index in [9.17, 15) is 13.2 Å². The number of sulfone groups is 1. The summed E-state index contributed by atoms with van der Waals surface area (Å²) >= 11 is 0. The first kappa shape index (κ1) is 23.7. The van der Waals surface area contributed by atoms with E-state index in [2.05, 4.69) is 14.9 Å². The van der Waals surface area contributed by atoms with Gasteiger partial charge in [0.25, 0.3) is 0 Å². The minimum Gasteiger partial charge on any atom is -0.494 e. The van der Waals surface area contributed by atoms with E-state index in [1.807, 2.05) is 37.3 Å². The van der Waals surface area contributed by atoms with Crippen molar-refractivity contribution in [2.75, 3.05) is 43.4 Å². The van der Waals surface area contributed by atoms with Crippen LogP contribution in [-0.2, 0) is 14.6 Å². The zero-order valence-corrected chi connectivity index (χ0v) is 19.9. The van der Waals surface area contributed by atoms with Crippen molar-refractivity contribution in [2.24, 2.45) is 0 Å². The summed E-state index contributed by atoms with van der Waals surface area (Å²) < 4.78 is 30.4. The molecule has 0 N–H and O–H groups in total. The summed E-state index contributed by atoms with van der Waals surface area (Å²) in [5.74, 6) is 1.29. The molecule has 0 saturated carbocycles. The van der Waals surface area contributed by atoms with Crippen LogP contribution < -0.4 is 9.64 Å². The summed E-state index contributed by atoms with van der Waals surface area (Å²) in [5, 5.41) is 0. The molecule has 178 valence electrons. The molecule has 2 aromatic carbocycles. The maximum atomic E-state index is 12.6. The lowest BCUT2D eigenvalue weighted by atomic mass is 10.1. The quantitative estimate of drug-likeness (QED) is 0.489. The molecule has 0 unspecified atom stereocenters. The van der Waals surface area contributed by atoms with Gasteiger partial charge in [-0.15, -0.1) is 0 Å². The summed E-state index contributed by atoms with van der Waals surface area (Å²) in [4.78, 5) is 25.5. The molecule has 4 rings (SSSR count). The van der Waals surface area contributed by atoms with E-state index >= 15 is 0 Å². The number of carbonyl (C=O) groups excluding carboxylic acids is 1. The van der Waals surface area contributed by atoms with Crippen molar-refractivity contribution >= 4 is 21.6 Å². The van der Waals surface area contributed by atoms with Crippen LogP contribution in [0.5, 0.6) is 5.75 Å². The monoisotopic (exact) mass is 480 g/mol. The van der Waals surface area contributed by atoms with Gasteiger partial charge in [0.15, 0.2) is 9.84 Å². The Bertz CT molecular complexity index is 1210. The zero-order valence-electron chi connectivity index (χ0n) is 19.1. The van der Waals surface area contributed by atoms with Crippen molar-refractivity contribution in [2.45, 2.75) is 18.2 Å². The number of hydrogen-bond acceptors (Lipinski definition) is 7. The van der Waals surface area contributed by atoms with E-state index in [-0.39, 0.29) is 23.0 Å². The number of aromatic nitrogens is 2. The van der Waals surface area contributed by atoms with Gasteiger partial charge in [-0.2, -0.15) is 0 Å². The molecule has 1 aliphatic rings. The zero-order chi connectivity index (χ0) is 24.0. The van der Waals surface area contributed by atoms with E-state index in [0.717, 1.165) is 22.8 Å². The average Bonchev–Trinajstić information content (AvgIpc) is 2.89. The SMILES string of the molecule is CCOc1ccc(-c2cc(N3CCN(C(=O)CCS(=O)(=O)c4ccccc4)CC3)ncn2)cc1. The van der Waals surface area contributed by atoms with Crippen molar-refractivity contribution in [3.63, 3.8) is 0 Å². The van der Waals surface area contributed by atoms with Crippen LogP contribution >= 0.6 is 0 Å². The maximum absolute atomic E-state index is 12.6. The van der Waals surface area contributed by atoms with Crippen LogP contribution in [0.4, 0.5) is 5.82 Å². The van der Waals surface area contributed by atoms with Crippen LogP contribution in [0, 0.1) is 0 Å².